The molecule has 0 unspecified atom stereocenters. The Labute approximate surface area is 241 Å². The van der Waals surface area contributed by atoms with Crippen LogP contribution in [0.2, 0.25) is 0 Å². The van der Waals surface area contributed by atoms with Crippen LogP contribution in [0.1, 0.15) is 35.2 Å². The number of aliphatic carboxylic acids is 2. The molecule has 0 saturated heterocycles. The normalized spacial score (nSPS) is 11.5. The second-order valence-corrected chi connectivity index (χ2v) is 9.58. The Hall–Kier alpha value is -4.92. The molecule has 218 valence electrons. The molecule has 0 bridgehead atoms. The number of rotatable bonds is 14. The van der Waals surface area contributed by atoms with E-state index < -0.39 is 23.6 Å². The molecule has 0 fully saturated rings. The second-order valence-electron chi connectivity index (χ2n) is 9.58. The molecular weight excluding hydrogens is 544 g/mol. The number of hydrogen-bond donors (Lipinski definition) is 2. The van der Waals surface area contributed by atoms with E-state index in [1.165, 1.54) is 12.1 Å². The number of fused-ring (bicyclic) bond motifs is 1. The van der Waals surface area contributed by atoms with Crippen LogP contribution in [0.25, 0.3) is 23.1 Å². The summed E-state index contributed by atoms with van der Waals surface area (Å²) in [5.74, 6) is -2.06. The van der Waals surface area contributed by atoms with Gasteiger partial charge in [0.05, 0.1) is 5.52 Å². The molecule has 42 heavy (non-hydrogen) atoms. The molecular formula is C33H31F2NO6. The van der Waals surface area contributed by atoms with Gasteiger partial charge < -0.3 is 24.3 Å². The van der Waals surface area contributed by atoms with Crippen LogP contribution in [0.4, 0.5) is 8.78 Å². The first kappa shape index (κ1) is 30.0. The summed E-state index contributed by atoms with van der Waals surface area (Å²) < 4.78 is 41.3. The molecule has 0 spiro atoms. The van der Waals surface area contributed by atoms with Crippen molar-refractivity contribution in [2.75, 3.05) is 13.2 Å². The van der Waals surface area contributed by atoms with E-state index in [-0.39, 0.29) is 25.3 Å². The van der Waals surface area contributed by atoms with Crippen molar-refractivity contribution >= 4 is 35.0 Å². The van der Waals surface area contributed by atoms with Gasteiger partial charge in [-0.25, -0.2) is 8.78 Å². The minimum atomic E-state index is -1.06. The van der Waals surface area contributed by atoms with Crippen molar-refractivity contribution in [3.63, 3.8) is 0 Å². The monoisotopic (exact) mass is 575 g/mol. The van der Waals surface area contributed by atoms with Crippen molar-refractivity contribution in [2.45, 2.75) is 32.7 Å². The number of benzene rings is 3. The Bertz CT molecular complexity index is 1620. The first-order chi connectivity index (χ1) is 20.2. The zero-order valence-corrected chi connectivity index (χ0v) is 23.1. The summed E-state index contributed by atoms with van der Waals surface area (Å²) in [7, 11) is 0. The first-order valence-electron chi connectivity index (χ1n) is 13.4. The average Bonchev–Trinajstić information content (AvgIpc) is 3.23. The summed E-state index contributed by atoms with van der Waals surface area (Å²) in [5, 5.41) is 18.9. The molecule has 9 heteroatoms. The van der Waals surface area contributed by atoms with Crippen molar-refractivity contribution in [1.82, 2.24) is 4.57 Å². The van der Waals surface area contributed by atoms with E-state index in [0.717, 1.165) is 5.56 Å². The molecule has 0 amide bonds. The predicted octanol–water partition coefficient (Wildman–Crippen LogP) is 6.90. The molecule has 3 aromatic carbocycles. The van der Waals surface area contributed by atoms with Gasteiger partial charge in [0.1, 0.15) is 31.3 Å². The molecule has 4 rings (SSSR count). The fourth-order valence-corrected chi connectivity index (χ4v) is 4.70. The fourth-order valence-electron chi connectivity index (χ4n) is 4.70. The van der Waals surface area contributed by atoms with Crippen molar-refractivity contribution in [3.8, 4) is 11.5 Å². The summed E-state index contributed by atoms with van der Waals surface area (Å²) in [6, 6.07) is 16.5. The van der Waals surface area contributed by atoms with Gasteiger partial charge >= 0.3 is 11.9 Å². The molecule has 0 aliphatic carbocycles. The number of hydrogen-bond acceptors (Lipinski definition) is 4. The molecule has 7 nitrogen and oxygen atoms in total. The highest BCUT2D eigenvalue weighted by atomic mass is 19.1. The summed E-state index contributed by atoms with van der Waals surface area (Å²) in [6.07, 6.45) is 7.73. The van der Waals surface area contributed by atoms with Crippen LogP contribution in [0, 0.1) is 18.6 Å². The quantitative estimate of drug-likeness (QED) is 0.125. The predicted molar refractivity (Wildman–Crippen MR) is 157 cm³/mol. The minimum absolute atomic E-state index is 0.0633. The molecule has 0 atom stereocenters. The number of carboxylic acids is 2. The van der Waals surface area contributed by atoms with E-state index in [1.54, 1.807) is 66.1 Å². The molecule has 0 radical (unpaired) electrons. The van der Waals surface area contributed by atoms with Gasteiger partial charge in [-0.05, 0) is 85.0 Å². The maximum Gasteiger partial charge on any atom is 0.323 e. The number of carboxylic acid groups (broad SMARTS) is 2. The molecule has 0 aliphatic rings. The number of halogens is 2. The lowest BCUT2D eigenvalue weighted by Crippen LogP contribution is -2.10. The van der Waals surface area contributed by atoms with Crippen LogP contribution >= 0.6 is 0 Å². The Balaban J connectivity index is 1.45. The fraction of sp³-hybridized carbons (Fsp3) is 0.212. The van der Waals surface area contributed by atoms with Crippen LogP contribution in [0.5, 0.6) is 11.5 Å². The highest BCUT2D eigenvalue weighted by Crippen LogP contribution is 2.33. The van der Waals surface area contributed by atoms with Gasteiger partial charge in [0.25, 0.3) is 0 Å². The zero-order chi connectivity index (χ0) is 30.1. The van der Waals surface area contributed by atoms with Crippen LogP contribution < -0.4 is 9.47 Å². The third-order valence-corrected chi connectivity index (χ3v) is 6.70. The summed E-state index contributed by atoms with van der Waals surface area (Å²) >= 11 is 0. The second kappa shape index (κ2) is 14.1. The van der Waals surface area contributed by atoms with Crippen LogP contribution in [0.15, 0.2) is 72.8 Å². The Morgan fingerprint density at radius 3 is 2.26 bits per heavy atom. The van der Waals surface area contributed by atoms with E-state index in [0.29, 0.717) is 52.9 Å². The van der Waals surface area contributed by atoms with Crippen molar-refractivity contribution in [1.29, 1.82) is 0 Å². The lowest BCUT2D eigenvalue weighted by molar-refractivity contribution is -0.138. The topological polar surface area (TPSA) is 98.0 Å². The Morgan fingerprint density at radius 2 is 1.57 bits per heavy atom. The smallest absolute Gasteiger partial charge is 0.323 e. The van der Waals surface area contributed by atoms with Gasteiger partial charge in [0.2, 0.25) is 0 Å². The molecule has 4 aromatic rings. The molecule has 0 saturated carbocycles. The zero-order valence-electron chi connectivity index (χ0n) is 23.1. The maximum absolute atomic E-state index is 15.1. The summed E-state index contributed by atoms with van der Waals surface area (Å²) in [5.41, 5.74) is 3.18. The van der Waals surface area contributed by atoms with Crippen molar-refractivity contribution < 1.29 is 38.1 Å². The summed E-state index contributed by atoms with van der Waals surface area (Å²) in [6.45, 7) is 1.90. The largest absolute Gasteiger partial charge is 0.490 e. The third kappa shape index (κ3) is 7.63. The molecule has 0 aliphatic heterocycles. The van der Waals surface area contributed by atoms with Gasteiger partial charge in [-0.2, -0.15) is 0 Å². The lowest BCUT2D eigenvalue weighted by atomic mass is 10.0. The molecule has 1 aromatic heterocycles. The average molecular weight is 576 g/mol. The third-order valence-electron chi connectivity index (χ3n) is 6.70. The first-order valence-corrected chi connectivity index (χ1v) is 13.4. The van der Waals surface area contributed by atoms with E-state index in [9.17, 15) is 19.1 Å². The number of para-hydroxylation sites is 1. The van der Waals surface area contributed by atoms with Crippen LogP contribution in [0.3, 0.4) is 0 Å². The molecule has 1 heterocycles. The lowest BCUT2D eigenvalue weighted by Gasteiger charge is -2.08. The SMILES string of the molecule is Cc1c(CCCC(=O)O)c2c(F)ccc(/C=C/c3ccc(OC/C=C/COc4ccccc4F)cc3)c2n1CC(=O)O. The van der Waals surface area contributed by atoms with Gasteiger partial charge in [0, 0.05) is 17.5 Å². The molecule has 2 N–H and O–H groups in total. The number of nitrogens with zero attached hydrogens (tertiary/aromatic N) is 1. The van der Waals surface area contributed by atoms with Gasteiger partial charge in [-0.3, -0.25) is 9.59 Å². The highest BCUT2D eigenvalue weighted by molar-refractivity contribution is 5.95. The summed E-state index contributed by atoms with van der Waals surface area (Å²) in [4.78, 5) is 22.6. The highest BCUT2D eigenvalue weighted by Gasteiger charge is 2.21. The maximum atomic E-state index is 15.1. The number of carbonyl (C=O) groups is 2. The van der Waals surface area contributed by atoms with Crippen LogP contribution in [-0.2, 0) is 22.6 Å². The number of ether oxygens (including phenoxy) is 2. The van der Waals surface area contributed by atoms with Gasteiger partial charge in [-0.1, -0.05) is 36.4 Å². The van der Waals surface area contributed by atoms with E-state index in [2.05, 4.69) is 0 Å². The van der Waals surface area contributed by atoms with Gasteiger partial charge in [-0.15, -0.1) is 0 Å². The van der Waals surface area contributed by atoms with Crippen molar-refractivity contribution in [2.24, 2.45) is 0 Å². The van der Waals surface area contributed by atoms with Crippen LogP contribution in [-0.4, -0.2) is 39.9 Å². The van der Waals surface area contributed by atoms with E-state index >= 15 is 4.39 Å². The number of aromatic nitrogens is 1. The minimum Gasteiger partial charge on any atom is -0.490 e. The number of aryl methyl sites for hydroxylation is 1. The standard InChI is InChI=1S/C33H31F2NO6/c1-22-26(7-6-10-30(37)38)32-28(35)18-15-24(33(32)36(22)21-31(39)40)14-11-23-12-16-25(17-13-23)41-19-4-5-20-42-29-9-3-2-8-27(29)34/h2-5,8-9,11-18H,6-7,10,19-21H2,1H3,(H,37,38)(H,39,40)/b5-4+,14-11+. The van der Waals surface area contributed by atoms with Crippen molar-refractivity contribution in [3.05, 3.63) is 107 Å². The van der Waals surface area contributed by atoms with Gasteiger partial charge in [0.15, 0.2) is 11.6 Å². The Kier molecular flexibility index (Phi) is 10.1. The van der Waals surface area contributed by atoms with E-state index in [4.69, 9.17) is 14.6 Å². The Morgan fingerprint density at radius 1 is 0.857 bits per heavy atom. The van der Waals surface area contributed by atoms with E-state index in [1.807, 2.05) is 18.2 Å².